The average molecular weight is 479 g/mol. The molecule has 2 aromatic rings. The number of fused-ring (bicyclic) bond motifs is 1. The number of nitrogens with one attached hydrogen (secondary N) is 2. The maximum Gasteiger partial charge on any atom is 0.240 e. The third-order valence-electron chi connectivity index (χ3n) is 5.05. The van der Waals surface area contributed by atoms with Crippen molar-refractivity contribution < 1.29 is 32.2 Å². The lowest BCUT2D eigenvalue weighted by Crippen LogP contribution is -2.32. The molecule has 1 amide bonds. The van der Waals surface area contributed by atoms with E-state index in [4.69, 9.17) is 18.9 Å². The minimum absolute atomic E-state index is 0.00937. The quantitative estimate of drug-likeness (QED) is 0.477. The molecule has 10 heteroatoms. The summed E-state index contributed by atoms with van der Waals surface area (Å²) in [4.78, 5) is 12.1. The smallest absolute Gasteiger partial charge is 0.240 e. The SMILES string of the molecule is COc1ccc(S(=O)(=O)NCCC(=O)NCCOc2cccc3c2OC(C)(C)C3)cc1OC. The molecule has 2 aromatic carbocycles. The van der Waals surface area contributed by atoms with Gasteiger partial charge in [0.05, 0.1) is 25.7 Å². The Balaban J connectivity index is 1.41. The molecule has 1 heterocycles. The molecule has 0 bridgehead atoms. The van der Waals surface area contributed by atoms with Crippen LogP contribution >= 0.6 is 0 Å². The van der Waals surface area contributed by atoms with Gasteiger partial charge in [-0.15, -0.1) is 0 Å². The zero-order valence-corrected chi connectivity index (χ0v) is 20.1. The Morgan fingerprint density at radius 1 is 1.06 bits per heavy atom. The number of carbonyl (C=O) groups is 1. The average Bonchev–Trinajstić information content (AvgIpc) is 3.10. The summed E-state index contributed by atoms with van der Waals surface area (Å²) in [6.07, 6.45) is 0.806. The minimum Gasteiger partial charge on any atom is -0.493 e. The van der Waals surface area contributed by atoms with Crippen LogP contribution in [0.25, 0.3) is 0 Å². The zero-order valence-electron chi connectivity index (χ0n) is 19.3. The predicted molar refractivity (Wildman–Crippen MR) is 123 cm³/mol. The topological polar surface area (TPSA) is 112 Å². The summed E-state index contributed by atoms with van der Waals surface area (Å²) in [6, 6.07) is 10.1. The van der Waals surface area contributed by atoms with Gasteiger partial charge in [-0.3, -0.25) is 4.79 Å². The van der Waals surface area contributed by atoms with Crippen LogP contribution in [0.1, 0.15) is 25.8 Å². The molecule has 0 fully saturated rings. The van der Waals surface area contributed by atoms with Crippen LogP contribution in [0.4, 0.5) is 0 Å². The van der Waals surface area contributed by atoms with Gasteiger partial charge in [0.15, 0.2) is 23.0 Å². The number of ether oxygens (including phenoxy) is 4. The van der Waals surface area contributed by atoms with Crippen molar-refractivity contribution in [1.82, 2.24) is 10.0 Å². The van der Waals surface area contributed by atoms with Gasteiger partial charge in [0.2, 0.25) is 15.9 Å². The van der Waals surface area contributed by atoms with E-state index in [1.165, 1.54) is 32.4 Å². The number of hydrogen-bond donors (Lipinski definition) is 2. The summed E-state index contributed by atoms with van der Waals surface area (Å²) in [6.45, 7) is 4.56. The molecular formula is C23H30N2O7S. The largest absolute Gasteiger partial charge is 0.493 e. The van der Waals surface area contributed by atoms with Gasteiger partial charge < -0.3 is 24.3 Å². The molecule has 0 aromatic heterocycles. The van der Waals surface area contributed by atoms with Crippen molar-refractivity contribution in [2.45, 2.75) is 37.2 Å². The number of benzene rings is 2. The van der Waals surface area contributed by atoms with Crippen molar-refractivity contribution in [2.24, 2.45) is 0 Å². The molecule has 0 radical (unpaired) electrons. The van der Waals surface area contributed by atoms with Gasteiger partial charge in [-0.25, -0.2) is 13.1 Å². The number of methoxy groups -OCH3 is 2. The zero-order chi connectivity index (χ0) is 24.1. The highest BCUT2D eigenvalue weighted by molar-refractivity contribution is 7.89. The third-order valence-corrected chi connectivity index (χ3v) is 6.50. The molecule has 180 valence electrons. The number of carbonyl (C=O) groups excluding carboxylic acids is 1. The van der Waals surface area contributed by atoms with E-state index in [-0.39, 0.29) is 42.5 Å². The van der Waals surface area contributed by atoms with Crippen LogP contribution in [-0.2, 0) is 21.2 Å². The molecular weight excluding hydrogens is 448 g/mol. The first-order valence-electron chi connectivity index (χ1n) is 10.6. The Kier molecular flexibility index (Phi) is 7.70. The van der Waals surface area contributed by atoms with Gasteiger partial charge in [0.1, 0.15) is 12.2 Å². The fourth-order valence-corrected chi connectivity index (χ4v) is 4.55. The number of para-hydroxylation sites is 1. The summed E-state index contributed by atoms with van der Waals surface area (Å²) in [5, 5.41) is 2.72. The second-order valence-corrected chi connectivity index (χ2v) is 9.91. The lowest BCUT2D eigenvalue weighted by atomic mass is 10.0. The minimum atomic E-state index is -3.79. The highest BCUT2D eigenvalue weighted by Gasteiger charge is 2.32. The third kappa shape index (κ3) is 6.29. The fraction of sp³-hybridized carbons (Fsp3) is 0.435. The summed E-state index contributed by atoms with van der Waals surface area (Å²) >= 11 is 0. The van der Waals surface area contributed by atoms with Gasteiger partial charge in [-0.2, -0.15) is 0 Å². The van der Waals surface area contributed by atoms with Gasteiger partial charge in [-0.05, 0) is 32.0 Å². The molecule has 1 aliphatic rings. The van der Waals surface area contributed by atoms with Crippen molar-refractivity contribution in [1.29, 1.82) is 0 Å². The van der Waals surface area contributed by atoms with E-state index in [2.05, 4.69) is 10.0 Å². The maximum absolute atomic E-state index is 12.5. The Labute approximate surface area is 194 Å². The van der Waals surface area contributed by atoms with Crippen LogP contribution in [0.5, 0.6) is 23.0 Å². The van der Waals surface area contributed by atoms with Gasteiger partial charge >= 0.3 is 0 Å². The molecule has 0 aliphatic carbocycles. The monoisotopic (exact) mass is 478 g/mol. The first-order valence-corrected chi connectivity index (χ1v) is 12.1. The Hall–Kier alpha value is -2.98. The maximum atomic E-state index is 12.5. The van der Waals surface area contributed by atoms with Crippen LogP contribution in [0, 0.1) is 0 Å². The summed E-state index contributed by atoms with van der Waals surface area (Å²) in [5.74, 6) is 1.84. The predicted octanol–water partition coefficient (Wildman–Crippen LogP) is 2.28. The highest BCUT2D eigenvalue weighted by atomic mass is 32.2. The normalized spacial score (nSPS) is 14.2. The molecule has 33 heavy (non-hydrogen) atoms. The molecule has 1 aliphatic heterocycles. The van der Waals surface area contributed by atoms with E-state index in [9.17, 15) is 13.2 Å². The molecule has 0 unspecified atom stereocenters. The molecule has 0 saturated carbocycles. The van der Waals surface area contributed by atoms with Crippen molar-refractivity contribution >= 4 is 15.9 Å². The van der Waals surface area contributed by atoms with E-state index in [1.54, 1.807) is 0 Å². The number of hydrogen-bond acceptors (Lipinski definition) is 7. The van der Waals surface area contributed by atoms with E-state index in [0.717, 1.165) is 17.7 Å². The highest BCUT2D eigenvalue weighted by Crippen LogP contribution is 2.41. The Bertz CT molecular complexity index is 1100. The lowest BCUT2D eigenvalue weighted by molar-refractivity contribution is -0.121. The van der Waals surface area contributed by atoms with Crippen molar-refractivity contribution in [2.75, 3.05) is 33.9 Å². The molecule has 0 atom stereocenters. The molecule has 0 spiro atoms. The van der Waals surface area contributed by atoms with Gasteiger partial charge in [0, 0.05) is 31.0 Å². The summed E-state index contributed by atoms with van der Waals surface area (Å²) in [5.41, 5.74) is 0.837. The summed E-state index contributed by atoms with van der Waals surface area (Å²) in [7, 11) is -0.902. The van der Waals surface area contributed by atoms with Crippen LogP contribution in [0.15, 0.2) is 41.3 Å². The molecule has 0 saturated heterocycles. The number of sulfonamides is 1. The molecule has 3 rings (SSSR count). The van der Waals surface area contributed by atoms with Crippen LogP contribution in [0.3, 0.4) is 0 Å². The van der Waals surface area contributed by atoms with Crippen molar-refractivity contribution in [3.8, 4) is 23.0 Å². The standard InChI is InChI=1S/C23H30N2O7S/c1-23(2)15-16-6-5-7-19(22(16)32-23)31-13-12-24-21(26)10-11-25-33(27,28)17-8-9-18(29-3)20(14-17)30-4/h5-9,14,25H,10-13,15H2,1-4H3,(H,24,26). The van der Waals surface area contributed by atoms with Crippen LogP contribution < -0.4 is 29.0 Å². The van der Waals surface area contributed by atoms with Gasteiger partial charge in [0.25, 0.3) is 0 Å². The van der Waals surface area contributed by atoms with E-state index in [1.807, 2.05) is 32.0 Å². The lowest BCUT2D eigenvalue weighted by Gasteiger charge is -2.18. The second-order valence-electron chi connectivity index (χ2n) is 8.15. The van der Waals surface area contributed by atoms with Crippen molar-refractivity contribution in [3.63, 3.8) is 0 Å². The molecule has 9 nitrogen and oxygen atoms in total. The first kappa shape index (κ1) is 24.7. The van der Waals surface area contributed by atoms with Crippen LogP contribution in [0.2, 0.25) is 0 Å². The second kappa shape index (κ2) is 10.3. The van der Waals surface area contributed by atoms with E-state index in [0.29, 0.717) is 17.2 Å². The number of rotatable bonds is 11. The van der Waals surface area contributed by atoms with E-state index >= 15 is 0 Å². The Morgan fingerprint density at radius 2 is 1.82 bits per heavy atom. The Morgan fingerprint density at radius 3 is 2.55 bits per heavy atom. The first-order chi connectivity index (χ1) is 15.6. The molecule has 2 N–H and O–H groups in total. The summed E-state index contributed by atoms with van der Waals surface area (Å²) < 4.78 is 49.3. The van der Waals surface area contributed by atoms with E-state index < -0.39 is 10.0 Å². The van der Waals surface area contributed by atoms with Crippen molar-refractivity contribution in [3.05, 3.63) is 42.0 Å². The number of amides is 1. The van der Waals surface area contributed by atoms with Crippen LogP contribution in [-0.4, -0.2) is 53.8 Å². The fourth-order valence-electron chi connectivity index (χ4n) is 3.51. The van der Waals surface area contributed by atoms with Gasteiger partial charge in [-0.1, -0.05) is 12.1 Å².